The fourth-order valence-electron chi connectivity index (χ4n) is 2.43. The Kier molecular flexibility index (Phi) is 4.67. The lowest BCUT2D eigenvalue weighted by atomic mass is 9.95. The van der Waals surface area contributed by atoms with Gasteiger partial charge in [0.1, 0.15) is 5.75 Å². The summed E-state index contributed by atoms with van der Waals surface area (Å²) in [6.45, 7) is 5.09. The van der Waals surface area contributed by atoms with Gasteiger partial charge in [0, 0.05) is 29.9 Å². The fraction of sp³-hybridized carbons (Fsp3) is 0.600. The SMILES string of the molecule is CCCOc1cc(NC(C)(CN)C2CC2)cc([N+](=O)[O-])c1. The minimum absolute atomic E-state index is 0.0290. The number of hydrogen-bond donors (Lipinski definition) is 2. The van der Waals surface area contributed by atoms with E-state index in [-0.39, 0.29) is 11.2 Å². The number of rotatable bonds is 8. The highest BCUT2D eigenvalue weighted by Gasteiger charge is 2.40. The van der Waals surface area contributed by atoms with Crippen molar-refractivity contribution in [2.45, 2.75) is 38.6 Å². The van der Waals surface area contributed by atoms with Gasteiger partial charge in [0.2, 0.25) is 0 Å². The summed E-state index contributed by atoms with van der Waals surface area (Å²) in [6, 6.07) is 4.80. The second kappa shape index (κ2) is 6.30. The van der Waals surface area contributed by atoms with E-state index in [2.05, 4.69) is 12.2 Å². The summed E-state index contributed by atoms with van der Waals surface area (Å²) in [4.78, 5) is 10.7. The average molecular weight is 293 g/mol. The Morgan fingerprint density at radius 3 is 2.71 bits per heavy atom. The predicted octanol–water partition coefficient (Wildman–Crippen LogP) is 2.92. The molecular weight excluding hydrogens is 270 g/mol. The molecule has 0 heterocycles. The van der Waals surface area contributed by atoms with Gasteiger partial charge in [0.05, 0.1) is 17.6 Å². The maximum absolute atomic E-state index is 11.1. The first-order chi connectivity index (χ1) is 9.98. The van der Waals surface area contributed by atoms with Crippen LogP contribution in [0.2, 0.25) is 0 Å². The zero-order valence-corrected chi connectivity index (χ0v) is 12.6. The molecule has 1 saturated carbocycles. The predicted molar refractivity (Wildman–Crippen MR) is 82.7 cm³/mol. The molecule has 1 atom stereocenters. The van der Waals surface area contributed by atoms with E-state index in [1.165, 1.54) is 12.1 Å². The van der Waals surface area contributed by atoms with Crippen molar-refractivity contribution >= 4 is 11.4 Å². The van der Waals surface area contributed by atoms with Crippen LogP contribution in [0.1, 0.15) is 33.1 Å². The molecule has 0 aromatic heterocycles. The van der Waals surface area contributed by atoms with Crippen molar-refractivity contribution < 1.29 is 9.66 Å². The van der Waals surface area contributed by atoms with Crippen LogP contribution < -0.4 is 15.8 Å². The van der Waals surface area contributed by atoms with E-state index in [9.17, 15) is 10.1 Å². The van der Waals surface area contributed by atoms with Crippen molar-refractivity contribution in [2.75, 3.05) is 18.5 Å². The van der Waals surface area contributed by atoms with Crippen LogP contribution in [0.5, 0.6) is 5.75 Å². The van der Waals surface area contributed by atoms with E-state index in [0.717, 1.165) is 19.3 Å². The maximum atomic E-state index is 11.1. The number of benzene rings is 1. The lowest BCUT2D eigenvalue weighted by Crippen LogP contribution is -2.44. The number of non-ortho nitro benzene ring substituents is 1. The minimum Gasteiger partial charge on any atom is -0.493 e. The monoisotopic (exact) mass is 293 g/mol. The Morgan fingerprint density at radius 2 is 2.19 bits per heavy atom. The number of nitrogens with zero attached hydrogens (tertiary/aromatic N) is 1. The number of anilines is 1. The first-order valence-corrected chi connectivity index (χ1v) is 7.39. The van der Waals surface area contributed by atoms with Crippen LogP contribution in [0.25, 0.3) is 0 Å². The molecule has 6 heteroatoms. The molecule has 0 radical (unpaired) electrons. The van der Waals surface area contributed by atoms with E-state index in [4.69, 9.17) is 10.5 Å². The van der Waals surface area contributed by atoms with Crippen molar-refractivity contribution in [2.24, 2.45) is 11.7 Å². The quantitative estimate of drug-likeness (QED) is 0.568. The van der Waals surface area contributed by atoms with Crippen LogP contribution in [0.3, 0.4) is 0 Å². The molecule has 21 heavy (non-hydrogen) atoms. The lowest BCUT2D eigenvalue weighted by molar-refractivity contribution is -0.384. The van der Waals surface area contributed by atoms with Gasteiger partial charge in [-0.1, -0.05) is 6.92 Å². The van der Waals surface area contributed by atoms with Gasteiger partial charge in [0.15, 0.2) is 0 Å². The Morgan fingerprint density at radius 1 is 1.48 bits per heavy atom. The molecular formula is C15H23N3O3. The first kappa shape index (κ1) is 15.6. The molecule has 0 aliphatic heterocycles. The number of ether oxygens (including phenoxy) is 1. The zero-order chi connectivity index (χ0) is 15.5. The molecule has 0 spiro atoms. The highest BCUT2D eigenvalue weighted by Crippen LogP contribution is 2.41. The third-order valence-corrected chi connectivity index (χ3v) is 3.91. The number of hydrogen-bond acceptors (Lipinski definition) is 5. The molecule has 3 N–H and O–H groups in total. The summed E-state index contributed by atoms with van der Waals surface area (Å²) in [7, 11) is 0. The molecule has 1 aromatic rings. The highest BCUT2D eigenvalue weighted by atomic mass is 16.6. The van der Waals surface area contributed by atoms with Gasteiger partial charge in [0.25, 0.3) is 5.69 Å². The summed E-state index contributed by atoms with van der Waals surface area (Å²) >= 11 is 0. The topological polar surface area (TPSA) is 90.4 Å². The van der Waals surface area contributed by atoms with Crippen molar-refractivity contribution in [1.82, 2.24) is 0 Å². The number of nitrogens with one attached hydrogen (secondary N) is 1. The van der Waals surface area contributed by atoms with E-state index < -0.39 is 4.92 Å². The summed E-state index contributed by atoms with van der Waals surface area (Å²) in [5, 5.41) is 14.4. The molecule has 1 aliphatic carbocycles. The molecule has 1 unspecified atom stereocenters. The van der Waals surface area contributed by atoms with Crippen molar-refractivity contribution in [1.29, 1.82) is 0 Å². The molecule has 1 aliphatic rings. The van der Waals surface area contributed by atoms with Gasteiger partial charge in [-0.05, 0) is 32.1 Å². The third-order valence-electron chi connectivity index (χ3n) is 3.91. The normalized spacial score (nSPS) is 17.1. The first-order valence-electron chi connectivity index (χ1n) is 7.39. The Bertz CT molecular complexity index is 517. The summed E-state index contributed by atoms with van der Waals surface area (Å²) in [5.74, 6) is 1.05. The Labute approximate surface area is 124 Å². The molecule has 0 saturated heterocycles. The van der Waals surface area contributed by atoms with Gasteiger partial charge in [-0.15, -0.1) is 0 Å². The largest absolute Gasteiger partial charge is 0.493 e. The van der Waals surface area contributed by atoms with Gasteiger partial charge in [-0.3, -0.25) is 10.1 Å². The zero-order valence-electron chi connectivity index (χ0n) is 12.6. The summed E-state index contributed by atoms with van der Waals surface area (Å²) in [5.41, 5.74) is 6.38. The van der Waals surface area contributed by atoms with E-state index >= 15 is 0 Å². The van der Waals surface area contributed by atoms with Crippen LogP contribution >= 0.6 is 0 Å². The average Bonchev–Trinajstić information content (AvgIpc) is 3.29. The summed E-state index contributed by atoms with van der Waals surface area (Å²) < 4.78 is 5.54. The van der Waals surface area contributed by atoms with Crippen molar-refractivity contribution in [3.8, 4) is 5.75 Å². The van der Waals surface area contributed by atoms with E-state index in [1.54, 1.807) is 6.07 Å². The number of nitro benzene ring substituents is 1. The van der Waals surface area contributed by atoms with Crippen LogP contribution in [0.4, 0.5) is 11.4 Å². The summed E-state index contributed by atoms with van der Waals surface area (Å²) in [6.07, 6.45) is 3.15. The fourth-order valence-corrected chi connectivity index (χ4v) is 2.43. The van der Waals surface area contributed by atoms with Crippen LogP contribution in [-0.4, -0.2) is 23.6 Å². The van der Waals surface area contributed by atoms with Crippen LogP contribution in [0, 0.1) is 16.0 Å². The highest BCUT2D eigenvalue weighted by molar-refractivity contribution is 5.57. The van der Waals surface area contributed by atoms with E-state index in [0.29, 0.717) is 30.5 Å². The van der Waals surface area contributed by atoms with E-state index in [1.807, 2.05) is 6.92 Å². The molecule has 116 valence electrons. The standard InChI is InChI=1S/C15H23N3O3/c1-3-6-21-14-8-12(7-13(9-14)18(19)20)17-15(2,10-16)11-4-5-11/h7-9,11,17H,3-6,10,16H2,1-2H3. The molecule has 2 rings (SSSR count). The molecule has 1 fully saturated rings. The molecule has 6 nitrogen and oxygen atoms in total. The maximum Gasteiger partial charge on any atom is 0.275 e. The van der Waals surface area contributed by atoms with Crippen molar-refractivity contribution in [3.63, 3.8) is 0 Å². The second-order valence-electron chi connectivity index (χ2n) is 5.84. The lowest BCUT2D eigenvalue weighted by Gasteiger charge is -2.30. The van der Waals surface area contributed by atoms with Crippen molar-refractivity contribution in [3.05, 3.63) is 28.3 Å². The van der Waals surface area contributed by atoms with Gasteiger partial charge >= 0.3 is 0 Å². The smallest absolute Gasteiger partial charge is 0.275 e. The van der Waals surface area contributed by atoms with Crippen LogP contribution in [0.15, 0.2) is 18.2 Å². The van der Waals surface area contributed by atoms with Gasteiger partial charge in [-0.2, -0.15) is 0 Å². The Balaban J connectivity index is 2.24. The number of nitro groups is 1. The third kappa shape index (κ3) is 3.85. The number of nitrogens with two attached hydrogens (primary N) is 1. The molecule has 0 amide bonds. The molecule has 1 aromatic carbocycles. The minimum atomic E-state index is -0.402. The van der Waals surface area contributed by atoms with Crippen LogP contribution in [-0.2, 0) is 0 Å². The van der Waals surface area contributed by atoms with Gasteiger partial charge < -0.3 is 15.8 Å². The second-order valence-corrected chi connectivity index (χ2v) is 5.84. The molecule has 0 bridgehead atoms. The van der Waals surface area contributed by atoms with Gasteiger partial charge in [-0.25, -0.2) is 0 Å². The Hall–Kier alpha value is -1.82.